The summed E-state index contributed by atoms with van der Waals surface area (Å²) in [5, 5.41) is 2.84. The topological polar surface area (TPSA) is 76.6 Å². The smallest absolute Gasteiger partial charge is 0.274 e. The van der Waals surface area contributed by atoms with Crippen LogP contribution in [0.2, 0.25) is 0 Å². The Hall–Kier alpha value is -3.61. The van der Waals surface area contributed by atoms with Crippen molar-refractivity contribution >= 4 is 23.2 Å². The van der Waals surface area contributed by atoms with Gasteiger partial charge in [-0.3, -0.25) is 4.79 Å². The number of aromatic nitrogens is 2. The van der Waals surface area contributed by atoms with Crippen LogP contribution in [0.3, 0.4) is 0 Å². The van der Waals surface area contributed by atoms with E-state index in [1.165, 1.54) is 0 Å². The molecular formula is C21H20N4O3. The van der Waals surface area contributed by atoms with Crippen molar-refractivity contribution in [1.29, 1.82) is 0 Å². The fourth-order valence-corrected chi connectivity index (χ4v) is 3.01. The van der Waals surface area contributed by atoms with Crippen molar-refractivity contribution in [3.63, 3.8) is 0 Å². The third-order valence-corrected chi connectivity index (χ3v) is 4.38. The molecule has 7 heteroatoms. The van der Waals surface area contributed by atoms with Crippen LogP contribution in [-0.4, -0.2) is 29.2 Å². The number of ether oxygens (including phenoxy) is 2. The van der Waals surface area contributed by atoms with Crippen molar-refractivity contribution < 1.29 is 14.3 Å². The molecular weight excluding hydrogens is 356 g/mol. The molecule has 28 heavy (non-hydrogen) atoms. The Bertz CT molecular complexity index is 1020. The fraction of sp³-hybridized carbons (Fsp3) is 0.190. The van der Waals surface area contributed by atoms with E-state index in [1.807, 2.05) is 36.9 Å². The first-order valence-corrected chi connectivity index (χ1v) is 9.02. The van der Waals surface area contributed by atoms with E-state index in [0.29, 0.717) is 29.7 Å². The Morgan fingerprint density at radius 2 is 2.00 bits per heavy atom. The third-order valence-electron chi connectivity index (χ3n) is 4.38. The Morgan fingerprint density at radius 3 is 2.82 bits per heavy atom. The van der Waals surface area contributed by atoms with Gasteiger partial charge in [-0.2, -0.15) is 0 Å². The maximum Gasteiger partial charge on any atom is 0.274 e. The molecule has 1 aliphatic heterocycles. The van der Waals surface area contributed by atoms with E-state index >= 15 is 0 Å². The van der Waals surface area contributed by atoms with Gasteiger partial charge in [0.15, 0.2) is 11.5 Å². The second kappa shape index (κ2) is 7.56. The molecule has 142 valence electrons. The minimum Gasteiger partial charge on any atom is -0.454 e. The fourth-order valence-electron chi connectivity index (χ4n) is 3.01. The lowest BCUT2D eigenvalue weighted by Gasteiger charge is -2.21. The quantitative estimate of drug-likeness (QED) is 0.727. The first kappa shape index (κ1) is 17.8. The molecule has 0 atom stereocenters. The van der Waals surface area contributed by atoms with E-state index in [1.54, 1.807) is 30.5 Å². The number of carbonyl (C=O) groups excluding carboxylic acids is 1. The molecule has 0 bridgehead atoms. The molecule has 1 N–H and O–H groups in total. The maximum absolute atomic E-state index is 12.7. The van der Waals surface area contributed by atoms with Crippen molar-refractivity contribution in [1.82, 2.24) is 9.97 Å². The number of hydrogen-bond acceptors (Lipinski definition) is 6. The standard InChI is InChI=1S/C21H20N4O3/c1-3-25(16-6-4-5-14(2)11-16)21-22-10-9-17(24-21)20(26)23-15-7-8-18-19(12-15)28-13-27-18/h4-12H,3,13H2,1-2H3,(H,23,26). The highest BCUT2D eigenvalue weighted by Gasteiger charge is 2.17. The van der Waals surface area contributed by atoms with E-state index in [2.05, 4.69) is 21.4 Å². The molecule has 4 rings (SSSR count). The average molecular weight is 376 g/mol. The number of nitrogens with zero attached hydrogens (tertiary/aromatic N) is 3. The molecule has 0 unspecified atom stereocenters. The lowest BCUT2D eigenvalue weighted by atomic mass is 10.2. The van der Waals surface area contributed by atoms with Crippen LogP contribution in [0.15, 0.2) is 54.7 Å². The molecule has 3 aromatic rings. The van der Waals surface area contributed by atoms with E-state index in [0.717, 1.165) is 11.3 Å². The van der Waals surface area contributed by atoms with E-state index < -0.39 is 0 Å². The molecule has 2 heterocycles. The van der Waals surface area contributed by atoms with Gasteiger partial charge in [-0.25, -0.2) is 9.97 Å². The Kier molecular flexibility index (Phi) is 4.80. The summed E-state index contributed by atoms with van der Waals surface area (Å²) in [6.45, 7) is 4.92. The highest BCUT2D eigenvalue weighted by atomic mass is 16.7. The number of rotatable bonds is 5. The number of amides is 1. The second-order valence-electron chi connectivity index (χ2n) is 6.35. The van der Waals surface area contributed by atoms with Crippen LogP contribution in [0.1, 0.15) is 23.0 Å². The zero-order chi connectivity index (χ0) is 19.5. The molecule has 1 amide bonds. The Balaban J connectivity index is 1.56. The van der Waals surface area contributed by atoms with E-state index in [4.69, 9.17) is 9.47 Å². The SMILES string of the molecule is CCN(c1cccc(C)c1)c1nccc(C(=O)Nc2ccc3c(c2)OCO3)n1. The van der Waals surface area contributed by atoms with Gasteiger partial charge in [-0.1, -0.05) is 12.1 Å². The highest BCUT2D eigenvalue weighted by Crippen LogP contribution is 2.34. The molecule has 0 aliphatic carbocycles. The summed E-state index contributed by atoms with van der Waals surface area (Å²) in [6, 6.07) is 14.9. The van der Waals surface area contributed by atoms with E-state index in [9.17, 15) is 4.79 Å². The number of anilines is 3. The van der Waals surface area contributed by atoms with Gasteiger partial charge in [0, 0.05) is 30.2 Å². The number of fused-ring (bicyclic) bond motifs is 1. The van der Waals surface area contributed by atoms with Gasteiger partial charge in [0.25, 0.3) is 5.91 Å². The van der Waals surface area contributed by atoms with Crippen molar-refractivity contribution in [2.45, 2.75) is 13.8 Å². The number of carbonyl (C=O) groups is 1. The van der Waals surface area contributed by atoms with Gasteiger partial charge in [0.05, 0.1) is 0 Å². The first-order chi connectivity index (χ1) is 13.6. The molecule has 0 fully saturated rings. The minimum absolute atomic E-state index is 0.188. The zero-order valence-corrected chi connectivity index (χ0v) is 15.7. The summed E-state index contributed by atoms with van der Waals surface area (Å²) >= 11 is 0. The Morgan fingerprint density at radius 1 is 1.14 bits per heavy atom. The van der Waals surface area contributed by atoms with Gasteiger partial charge in [-0.05, 0) is 49.7 Å². The Labute approximate surface area is 163 Å². The molecule has 2 aromatic carbocycles. The van der Waals surface area contributed by atoms with Crippen LogP contribution in [0, 0.1) is 6.92 Å². The summed E-state index contributed by atoms with van der Waals surface area (Å²) < 4.78 is 10.6. The largest absolute Gasteiger partial charge is 0.454 e. The number of hydrogen-bond donors (Lipinski definition) is 1. The molecule has 0 saturated heterocycles. The molecule has 0 saturated carbocycles. The van der Waals surface area contributed by atoms with Crippen molar-refractivity contribution in [2.24, 2.45) is 0 Å². The van der Waals surface area contributed by atoms with Crippen LogP contribution in [0.5, 0.6) is 11.5 Å². The number of aryl methyl sites for hydroxylation is 1. The van der Waals surface area contributed by atoms with Gasteiger partial charge < -0.3 is 19.7 Å². The lowest BCUT2D eigenvalue weighted by molar-refractivity contribution is 0.102. The number of nitrogens with one attached hydrogen (secondary N) is 1. The monoisotopic (exact) mass is 376 g/mol. The van der Waals surface area contributed by atoms with Crippen LogP contribution in [0.4, 0.5) is 17.3 Å². The summed E-state index contributed by atoms with van der Waals surface area (Å²) in [7, 11) is 0. The average Bonchev–Trinajstić information content (AvgIpc) is 3.17. The first-order valence-electron chi connectivity index (χ1n) is 9.02. The van der Waals surface area contributed by atoms with Crippen LogP contribution < -0.4 is 19.7 Å². The third kappa shape index (κ3) is 3.59. The minimum atomic E-state index is -0.317. The van der Waals surface area contributed by atoms with Crippen LogP contribution >= 0.6 is 0 Å². The predicted octanol–water partition coefficient (Wildman–Crippen LogP) is 3.92. The predicted molar refractivity (Wildman–Crippen MR) is 106 cm³/mol. The zero-order valence-electron chi connectivity index (χ0n) is 15.7. The molecule has 0 spiro atoms. The summed E-state index contributed by atoms with van der Waals surface area (Å²) in [5.74, 6) is 1.44. The van der Waals surface area contributed by atoms with Crippen molar-refractivity contribution in [3.8, 4) is 11.5 Å². The van der Waals surface area contributed by atoms with Crippen molar-refractivity contribution in [3.05, 3.63) is 66.0 Å². The van der Waals surface area contributed by atoms with Crippen LogP contribution in [0.25, 0.3) is 0 Å². The second-order valence-corrected chi connectivity index (χ2v) is 6.35. The number of benzene rings is 2. The maximum atomic E-state index is 12.7. The summed E-state index contributed by atoms with van der Waals surface area (Å²) in [6.07, 6.45) is 1.59. The normalized spacial score (nSPS) is 11.9. The summed E-state index contributed by atoms with van der Waals surface area (Å²) in [5.41, 5.74) is 3.03. The van der Waals surface area contributed by atoms with Gasteiger partial charge in [0.2, 0.25) is 12.7 Å². The van der Waals surface area contributed by atoms with Gasteiger partial charge in [-0.15, -0.1) is 0 Å². The molecule has 1 aliphatic rings. The summed E-state index contributed by atoms with van der Waals surface area (Å²) in [4.78, 5) is 23.5. The van der Waals surface area contributed by atoms with E-state index in [-0.39, 0.29) is 18.4 Å². The lowest BCUT2D eigenvalue weighted by Crippen LogP contribution is -2.21. The molecule has 1 aromatic heterocycles. The van der Waals surface area contributed by atoms with Crippen LogP contribution in [-0.2, 0) is 0 Å². The molecule has 0 radical (unpaired) electrons. The highest BCUT2D eigenvalue weighted by molar-refractivity contribution is 6.03. The molecule has 7 nitrogen and oxygen atoms in total. The van der Waals surface area contributed by atoms with Gasteiger partial charge in [0.1, 0.15) is 5.69 Å². The van der Waals surface area contributed by atoms with Gasteiger partial charge >= 0.3 is 0 Å². The van der Waals surface area contributed by atoms with Crippen molar-refractivity contribution in [2.75, 3.05) is 23.6 Å².